The zero-order valence-electron chi connectivity index (χ0n) is 14.9. The number of imide groups is 1. The number of aromatic carboxylic acids is 1. The van der Waals surface area contributed by atoms with Gasteiger partial charge >= 0.3 is 12.1 Å². The van der Waals surface area contributed by atoms with Gasteiger partial charge in [0.15, 0.2) is 0 Å². The number of aryl methyl sites for hydroxylation is 1. The number of amides is 2. The fraction of sp³-hybridized carbons (Fsp3) is 0.211. The number of anilines is 2. The van der Waals surface area contributed by atoms with Gasteiger partial charge in [0.2, 0.25) is 5.91 Å². The van der Waals surface area contributed by atoms with E-state index < -0.39 is 35.6 Å². The van der Waals surface area contributed by atoms with Crippen molar-refractivity contribution in [1.29, 1.82) is 0 Å². The lowest BCUT2D eigenvalue weighted by Gasteiger charge is -2.19. The predicted molar refractivity (Wildman–Crippen MR) is 99.1 cm³/mol. The molecule has 2 amide bonds. The summed E-state index contributed by atoms with van der Waals surface area (Å²) in [6.45, 7) is 1.60. The number of alkyl halides is 3. The third-order valence-electron chi connectivity index (χ3n) is 4.47. The second-order valence-corrected chi connectivity index (χ2v) is 6.87. The van der Waals surface area contributed by atoms with Crippen LogP contribution in [0.3, 0.4) is 0 Å². The lowest BCUT2D eigenvalue weighted by molar-refractivity contribution is -0.137. The average Bonchev–Trinajstić information content (AvgIpc) is 2.90. The van der Waals surface area contributed by atoms with Crippen molar-refractivity contribution in [3.05, 3.63) is 58.1 Å². The molecule has 2 aromatic rings. The zero-order chi connectivity index (χ0) is 21.5. The molecule has 10 heteroatoms. The van der Waals surface area contributed by atoms with Crippen LogP contribution in [-0.4, -0.2) is 28.9 Å². The van der Waals surface area contributed by atoms with E-state index in [2.05, 4.69) is 5.32 Å². The molecule has 1 atom stereocenters. The molecule has 1 unspecified atom stereocenters. The van der Waals surface area contributed by atoms with Gasteiger partial charge in [0, 0.05) is 0 Å². The first-order chi connectivity index (χ1) is 13.5. The highest BCUT2D eigenvalue weighted by molar-refractivity contribution is 6.33. The van der Waals surface area contributed by atoms with E-state index in [4.69, 9.17) is 16.7 Å². The lowest BCUT2D eigenvalue weighted by atomic mass is 10.1. The van der Waals surface area contributed by atoms with Crippen molar-refractivity contribution in [3.8, 4) is 0 Å². The molecule has 1 fully saturated rings. The van der Waals surface area contributed by atoms with Crippen molar-refractivity contribution in [2.24, 2.45) is 0 Å². The highest BCUT2D eigenvalue weighted by Gasteiger charge is 2.41. The summed E-state index contributed by atoms with van der Waals surface area (Å²) in [5.74, 6) is -2.55. The summed E-state index contributed by atoms with van der Waals surface area (Å²) in [6, 6.07) is 5.48. The number of carboxylic acids is 1. The van der Waals surface area contributed by atoms with Crippen LogP contribution in [0.4, 0.5) is 24.5 Å². The average molecular weight is 427 g/mol. The van der Waals surface area contributed by atoms with Crippen LogP contribution >= 0.6 is 11.6 Å². The molecule has 0 aliphatic carbocycles. The summed E-state index contributed by atoms with van der Waals surface area (Å²) in [7, 11) is 0. The molecule has 2 aromatic carbocycles. The van der Waals surface area contributed by atoms with Crippen molar-refractivity contribution in [1.82, 2.24) is 0 Å². The van der Waals surface area contributed by atoms with Crippen LogP contribution < -0.4 is 10.2 Å². The van der Waals surface area contributed by atoms with Crippen LogP contribution in [0.15, 0.2) is 36.4 Å². The van der Waals surface area contributed by atoms with Gasteiger partial charge in [0.1, 0.15) is 6.04 Å². The number of nitrogens with one attached hydrogen (secondary N) is 1. The van der Waals surface area contributed by atoms with E-state index in [0.717, 1.165) is 23.1 Å². The number of benzene rings is 2. The summed E-state index contributed by atoms with van der Waals surface area (Å²) >= 11 is 5.94. The van der Waals surface area contributed by atoms with Crippen molar-refractivity contribution in [2.45, 2.75) is 25.6 Å². The molecule has 1 aliphatic heterocycles. The first-order valence-electron chi connectivity index (χ1n) is 8.33. The first kappa shape index (κ1) is 20.7. The number of nitrogens with zero attached hydrogens (tertiary/aromatic N) is 1. The maximum absolute atomic E-state index is 12.9. The smallest absolute Gasteiger partial charge is 0.416 e. The van der Waals surface area contributed by atoms with Crippen molar-refractivity contribution in [3.63, 3.8) is 0 Å². The number of hydrogen-bond acceptors (Lipinski definition) is 4. The van der Waals surface area contributed by atoms with Crippen LogP contribution in [0.25, 0.3) is 0 Å². The molecule has 0 saturated carbocycles. The van der Waals surface area contributed by atoms with Crippen LogP contribution in [-0.2, 0) is 15.8 Å². The molecule has 0 spiro atoms. The second kappa shape index (κ2) is 7.40. The van der Waals surface area contributed by atoms with Gasteiger partial charge in [0.25, 0.3) is 5.91 Å². The summed E-state index contributed by atoms with van der Waals surface area (Å²) in [5.41, 5.74) is -0.592. The third-order valence-corrected chi connectivity index (χ3v) is 4.80. The number of carboxylic acid groups (broad SMARTS) is 1. The Bertz CT molecular complexity index is 1020. The number of carbonyl (C=O) groups excluding carboxylic acids is 2. The second-order valence-electron chi connectivity index (χ2n) is 6.47. The van der Waals surface area contributed by atoms with E-state index >= 15 is 0 Å². The zero-order valence-corrected chi connectivity index (χ0v) is 15.6. The highest BCUT2D eigenvalue weighted by Crippen LogP contribution is 2.35. The molecule has 3 rings (SSSR count). The third kappa shape index (κ3) is 4.04. The Morgan fingerprint density at radius 3 is 2.52 bits per heavy atom. The van der Waals surface area contributed by atoms with Crippen LogP contribution in [0, 0.1) is 6.92 Å². The summed E-state index contributed by atoms with van der Waals surface area (Å²) in [5, 5.41) is 11.7. The lowest BCUT2D eigenvalue weighted by Crippen LogP contribution is -2.35. The van der Waals surface area contributed by atoms with E-state index in [9.17, 15) is 27.6 Å². The number of hydrogen-bond donors (Lipinski definition) is 2. The van der Waals surface area contributed by atoms with Crippen LogP contribution in [0.5, 0.6) is 0 Å². The van der Waals surface area contributed by atoms with Gasteiger partial charge in [0.05, 0.1) is 33.9 Å². The summed E-state index contributed by atoms with van der Waals surface area (Å²) in [6.07, 6.45) is -4.92. The van der Waals surface area contributed by atoms with Crippen molar-refractivity contribution >= 4 is 40.8 Å². The molecule has 0 bridgehead atoms. The molecule has 0 radical (unpaired) electrons. The van der Waals surface area contributed by atoms with Gasteiger partial charge in [-0.2, -0.15) is 13.2 Å². The molecule has 1 aliphatic rings. The Labute approximate surface area is 167 Å². The predicted octanol–water partition coefficient (Wildman–Crippen LogP) is 4.11. The van der Waals surface area contributed by atoms with E-state index in [-0.39, 0.29) is 28.4 Å². The fourth-order valence-corrected chi connectivity index (χ4v) is 3.15. The van der Waals surface area contributed by atoms with E-state index in [1.807, 2.05) is 0 Å². The molecule has 2 N–H and O–H groups in total. The molecule has 1 saturated heterocycles. The normalized spacial score (nSPS) is 17.0. The van der Waals surface area contributed by atoms with Crippen molar-refractivity contribution in [2.75, 3.05) is 10.2 Å². The number of carbonyl (C=O) groups is 3. The molecule has 1 heterocycles. The topological polar surface area (TPSA) is 86.7 Å². The Balaban J connectivity index is 1.91. The van der Waals surface area contributed by atoms with Gasteiger partial charge < -0.3 is 10.4 Å². The minimum atomic E-state index is -4.60. The summed E-state index contributed by atoms with van der Waals surface area (Å²) < 4.78 is 38.8. The molecule has 152 valence electrons. The van der Waals surface area contributed by atoms with Crippen LogP contribution in [0.1, 0.15) is 27.9 Å². The Morgan fingerprint density at radius 1 is 1.21 bits per heavy atom. The monoisotopic (exact) mass is 426 g/mol. The molecule has 6 nitrogen and oxygen atoms in total. The maximum atomic E-state index is 12.9. The van der Waals surface area contributed by atoms with E-state index in [1.54, 1.807) is 6.92 Å². The van der Waals surface area contributed by atoms with Gasteiger partial charge in [-0.15, -0.1) is 0 Å². The molecular weight excluding hydrogens is 413 g/mol. The highest BCUT2D eigenvalue weighted by atomic mass is 35.5. The van der Waals surface area contributed by atoms with Gasteiger partial charge in [-0.1, -0.05) is 17.7 Å². The fourth-order valence-electron chi connectivity index (χ4n) is 2.98. The Hall–Kier alpha value is -3.07. The number of halogens is 4. The van der Waals surface area contributed by atoms with Gasteiger partial charge in [-0.3, -0.25) is 9.59 Å². The quantitative estimate of drug-likeness (QED) is 0.718. The van der Waals surface area contributed by atoms with E-state index in [1.165, 1.54) is 18.2 Å². The van der Waals surface area contributed by atoms with Crippen molar-refractivity contribution < 1.29 is 32.7 Å². The molecule has 29 heavy (non-hydrogen) atoms. The maximum Gasteiger partial charge on any atom is 0.416 e. The summed E-state index contributed by atoms with van der Waals surface area (Å²) in [4.78, 5) is 37.2. The Morgan fingerprint density at radius 2 is 1.90 bits per heavy atom. The van der Waals surface area contributed by atoms with E-state index in [0.29, 0.717) is 5.56 Å². The molecule has 0 aromatic heterocycles. The molecular formula is C19H14ClF3N2O4. The standard InChI is InChI=1S/C19H14ClF3N2O4/c1-9-2-3-10(18(28)29)6-15(9)25-16(26)8-14(17(25)27)24-13-7-11(19(21,22)23)4-5-12(13)20/h2-7,14,24H,8H2,1H3,(H,28,29). The minimum absolute atomic E-state index is 0.0410. The Kier molecular flexibility index (Phi) is 5.27. The largest absolute Gasteiger partial charge is 0.478 e. The van der Waals surface area contributed by atoms with Crippen LogP contribution in [0.2, 0.25) is 5.02 Å². The SMILES string of the molecule is Cc1ccc(C(=O)O)cc1N1C(=O)CC(Nc2cc(C(F)(F)F)ccc2Cl)C1=O. The minimum Gasteiger partial charge on any atom is -0.478 e. The first-order valence-corrected chi connectivity index (χ1v) is 8.71. The number of rotatable bonds is 4. The van der Waals surface area contributed by atoms with Gasteiger partial charge in [-0.25, -0.2) is 9.69 Å². The van der Waals surface area contributed by atoms with Gasteiger partial charge in [-0.05, 0) is 42.8 Å².